The molecular weight excluding hydrogens is 286 g/mol. The maximum atomic E-state index is 5.24. The van der Waals surface area contributed by atoms with Gasteiger partial charge in [0.05, 0.1) is 5.69 Å². The Morgan fingerprint density at radius 1 is 1.10 bits per heavy atom. The second kappa shape index (κ2) is 8.55. The Morgan fingerprint density at radius 3 is 2.65 bits per heavy atom. The first-order valence-electron chi connectivity index (χ1n) is 6.42. The average molecular weight is 303 g/mol. The van der Waals surface area contributed by atoms with Crippen LogP contribution in [0.2, 0.25) is 0 Å². The summed E-state index contributed by atoms with van der Waals surface area (Å²) in [7, 11) is 0. The van der Waals surface area contributed by atoms with Crippen molar-refractivity contribution < 1.29 is 0 Å². The van der Waals surface area contributed by atoms with Crippen molar-refractivity contribution in [3.05, 3.63) is 60.4 Å². The van der Waals surface area contributed by atoms with Gasteiger partial charge in [-0.2, -0.15) is 11.8 Å². The maximum absolute atomic E-state index is 5.24. The lowest BCUT2D eigenvalue weighted by molar-refractivity contribution is 0.989. The summed E-state index contributed by atoms with van der Waals surface area (Å²) in [5, 5.41) is 7.01. The summed E-state index contributed by atoms with van der Waals surface area (Å²) in [6, 6.07) is 15.9. The van der Waals surface area contributed by atoms with Gasteiger partial charge in [0.25, 0.3) is 0 Å². The zero-order chi connectivity index (χ0) is 14.0. The highest BCUT2D eigenvalue weighted by Gasteiger charge is 1.97. The Balaban J connectivity index is 1.58. The van der Waals surface area contributed by atoms with Gasteiger partial charge in [0.1, 0.15) is 0 Å². The molecule has 0 radical (unpaired) electrons. The second-order valence-electron chi connectivity index (χ2n) is 4.12. The normalized spacial score (nSPS) is 10.0. The van der Waals surface area contributed by atoms with Gasteiger partial charge in [-0.1, -0.05) is 24.3 Å². The predicted octanol–water partition coefficient (Wildman–Crippen LogP) is 3.30. The maximum Gasteiger partial charge on any atom is 0.170 e. The molecule has 0 aliphatic carbocycles. The van der Waals surface area contributed by atoms with Gasteiger partial charge in [0.2, 0.25) is 0 Å². The van der Waals surface area contributed by atoms with Crippen molar-refractivity contribution in [2.24, 2.45) is 0 Å². The molecule has 0 fully saturated rings. The smallest absolute Gasteiger partial charge is 0.170 e. The molecule has 5 heteroatoms. The van der Waals surface area contributed by atoms with Crippen LogP contribution in [0.25, 0.3) is 0 Å². The molecule has 0 saturated carbocycles. The van der Waals surface area contributed by atoms with Crippen LogP contribution in [0.5, 0.6) is 0 Å². The van der Waals surface area contributed by atoms with Crippen molar-refractivity contribution in [3.8, 4) is 0 Å². The molecule has 0 unspecified atom stereocenters. The molecule has 20 heavy (non-hydrogen) atoms. The van der Waals surface area contributed by atoms with E-state index in [0.717, 1.165) is 29.4 Å². The molecule has 0 bridgehead atoms. The number of nitrogens with one attached hydrogen (secondary N) is 2. The molecule has 0 amide bonds. The third-order valence-electron chi connectivity index (χ3n) is 2.54. The lowest BCUT2D eigenvalue weighted by atomic mass is 10.3. The van der Waals surface area contributed by atoms with Crippen LogP contribution in [0.1, 0.15) is 5.69 Å². The Morgan fingerprint density at radius 2 is 1.90 bits per heavy atom. The van der Waals surface area contributed by atoms with Gasteiger partial charge in [-0.3, -0.25) is 4.98 Å². The monoisotopic (exact) mass is 303 g/mol. The molecule has 1 aromatic heterocycles. The van der Waals surface area contributed by atoms with E-state index >= 15 is 0 Å². The number of aromatic nitrogens is 1. The van der Waals surface area contributed by atoms with Crippen molar-refractivity contribution in [2.45, 2.75) is 5.75 Å². The molecule has 0 aliphatic heterocycles. The number of hydrogen-bond acceptors (Lipinski definition) is 3. The summed E-state index contributed by atoms with van der Waals surface area (Å²) >= 11 is 7.08. The highest BCUT2D eigenvalue weighted by atomic mass is 32.2. The number of thioether (sulfide) groups is 1. The SMILES string of the molecule is S=C(NCCSCc1ccccn1)Nc1ccccc1. The fourth-order valence-electron chi connectivity index (χ4n) is 1.59. The fraction of sp³-hybridized carbons (Fsp3) is 0.200. The topological polar surface area (TPSA) is 37.0 Å². The van der Waals surface area contributed by atoms with Gasteiger partial charge >= 0.3 is 0 Å². The van der Waals surface area contributed by atoms with E-state index < -0.39 is 0 Å². The molecule has 0 atom stereocenters. The zero-order valence-electron chi connectivity index (χ0n) is 11.1. The lowest BCUT2D eigenvalue weighted by Crippen LogP contribution is -2.30. The largest absolute Gasteiger partial charge is 0.362 e. The van der Waals surface area contributed by atoms with Gasteiger partial charge in [0.15, 0.2) is 5.11 Å². The molecule has 3 nitrogen and oxygen atoms in total. The Kier molecular flexibility index (Phi) is 6.34. The van der Waals surface area contributed by atoms with Crippen LogP contribution >= 0.6 is 24.0 Å². The number of hydrogen-bond donors (Lipinski definition) is 2. The first kappa shape index (κ1) is 14.8. The first-order chi connectivity index (χ1) is 9.84. The molecule has 0 saturated heterocycles. The van der Waals surface area contributed by atoms with E-state index in [1.165, 1.54) is 0 Å². The first-order valence-corrected chi connectivity index (χ1v) is 7.98. The Labute approximate surface area is 129 Å². The number of anilines is 1. The lowest BCUT2D eigenvalue weighted by Gasteiger charge is -2.10. The molecule has 0 aliphatic rings. The van der Waals surface area contributed by atoms with Gasteiger partial charge in [0, 0.05) is 29.9 Å². The van der Waals surface area contributed by atoms with Crippen molar-refractivity contribution in [2.75, 3.05) is 17.6 Å². The summed E-state index contributed by atoms with van der Waals surface area (Å²) < 4.78 is 0. The number of para-hydroxylation sites is 1. The van der Waals surface area contributed by atoms with Gasteiger partial charge in [-0.15, -0.1) is 0 Å². The fourth-order valence-corrected chi connectivity index (χ4v) is 2.58. The van der Waals surface area contributed by atoms with E-state index in [-0.39, 0.29) is 0 Å². The average Bonchev–Trinajstić information content (AvgIpc) is 2.49. The standard InChI is InChI=1S/C15H17N3S2/c19-15(18-13-6-2-1-3-7-13)17-10-11-20-12-14-8-4-5-9-16-14/h1-9H,10-12H2,(H2,17,18,19). The predicted molar refractivity (Wildman–Crippen MR) is 91.1 cm³/mol. The minimum Gasteiger partial charge on any atom is -0.362 e. The van der Waals surface area contributed by atoms with E-state index in [9.17, 15) is 0 Å². The van der Waals surface area contributed by atoms with Crippen molar-refractivity contribution >= 4 is 34.8 Å². The highest BCUT2D eigenvalue weighted by molar-refractivity contribution is 7.98. The van der Waals surface area contributed by atoms with Gasteiger partial charge in [-0.25, -0.2) is 0 Å². The van der Waals surface area contributed by atoms with E-state index in [4.69, 9.17) is 12.2 Å². The van der Waals surface area contributed by atoms with Crippen molar-refractivity contribution in [3.63, 3.8) is 0 Å². The van der Waals surface area contributed by atoms with Gasteiger partial charge in [-0.05, 0) is 36.5 Å². The summed E-state index contributed by atoms with van der Waals surface area (Å²) in [4.78, 5) is 4.29. The molecule has 0 spiro atoms. The zero-order valence-corrected chi connectivity index (χ0v) is 12.7. The Hall–Kier alpha value is -1.59. The van der Waals surface area contributed by atoms with Crippen molar-refractivity contribution in [1.29, 1.82) is 0 Å². The number of nitrogens with zero attached hydrogens (tertiary/aromatic N) is 1. The molecular formula is C15H17N3S2. The van der Waals surface area contributed by atoms with Crippen molar-refractivity contribution in [1.82, 2.24) is 10.3 Å². The third kappa shape index (κ3) is 5.59. The molecule has 1 aromatic carbocycles. The molecule has 1 heterocycles. The van der Waals surface area contributed by atoms with Crippen LogP contribution in [-0.4, -0.2) is 22.4 Å². The summed E-state index contributed by atoms with van der Waals surface area (Å²) in [5.41, 5.74) is 2.12. The minimum absolute atomic E-state index is 0.662. The van der Waals surface area contributed by atoms with Crippen LogP contribution in [0.3, 0.4) is 0 Å². The highest BCUT2D eigenvalue weighted by Crippen LogP contribution is 2.08. The summed E-state index contributed by atoms with van der Waals surface area (Å²) in [6.07, 6.45) is 1.83. The number of benzene rings is 1. The van der Waals surface area contributed by atoms with Crippen LogP contribution < -0.4 is 10.6 Å². The molecule has 104 valence electrons. The third-order valence-corrected chi connectivity index (χ3v) is 3.78. The minimum atomic E-state index is 0.662. The van der Waals surface area contributed by atoms with E-state index in [2.05, 4.69) is 15.6 Å². The van der Waals surface area contributed by atoms with Crippen LogP contribution in [-0.2, 0) is 5.75 Å². The summed E-state index contributed by atoms with van der Waals surface area (Å²) in [6.45, 7) is 0.843. The van der Waals surface area contributed by atoms with Gasteiger partial charge < -0.3 is 10.6 Å². The number of rotatable bonds is 6. The van der Waals surface area contributed by atoms with Crippen LogP contribution in [0.4, 0.5) is 5.69 Å². The molecule has 2 aromatic rings. The van der Waals surface area contributed by atoms with E-state index in [1.807, 2.05) is 66.5 Å². The number of thiocarbonyl (C=S) groups is 1. The van der Waals surface area contributed by atoms with E-state index in [1.54, 1.807) is 0 Å². The molecule has 2 rings (SSSR count). The summed E-state index contributed by atoms with van der Waals surface area (Å²) in [5.74, 6) is 1.93. The second-order valence-corrected chi connectivity index (χ2v) is 5.63. The number of pyridine rings is 1. The quantitative estimate of drug-likeness (QED) is 0.632. The Bertz CT molecular complexity index is 517. The van der Waals surface area contributed by atoms with Crippen LogP contribution in [0, 0.1) is 0 Å². The van der Waals surface area contributed by atoms with E-state index in [0.29, 0.717) is 5.11 Å². The molecule has 2 N–H and O–H groups in total. The van der Waals surface area contributed by atoms with Crippen LogP contribution in [0.15, 0.2) is 54.7 Å².